The number of rotatable bonds is 3. The summed E-state index contributed by atoms with van der Waals surface area (Å²) in [7, 11) is 0. The molecule has 1 heterocycles. The predicted octanol–water partition coefficient (Wildman–Crippen LogP) is 1.59. The van der Waals surface area contributed by atoms with Crippen LogP contribution in [0, 0.1) is 0 Å². The summed E-state index contributed by atoms with van der Waals surface area (Å²) in [6.07, 6.45) is -2.54. The molecule has 16 heavy (non-hydrogen) atoms. The van der Waals surface area contributed by atoms with E-state index in [1.54, 1.807) is 0 Å². The molecule has 0 saturated carbocycles. The van der Waals surface area contributed by atoms with Crippen LogP contribution in [0.15, 0.2) is 0 Å². The summed E-state index contributed by atoms with van der Waals surface area (Å²) < 4.78 is 35.5. The minimum absolute atomic E-state index is 0.257. The molecule has 0 spiro atoms. The summed E-state index contributed by atoms with van der Waals surface area (Å²) in [6, 6.07) is -0.0795. The molecule has 2 N–H and O–H groups in total. The Labute approximate surface area is 92.8 Å². The van der Waals surface area contributed by atoms with E-state index in [4.69, 9.17) is 0 Å². The largest absolute Gasteiger partial charge is 0.390 e. The molecular weight excluding hydrogens is 221 g/mol. The van der Waals surface area contributed by atoms with Crippen molar-refractivity contribution in [1.82, 2.24) is 10.6 Å². The third kappa shape index (κ3) is 4.83. The van der Waals surface area contributed by atoms with Crippen molar-refractivity contribution < 1.29 is 18.0 Å². The number of piperidine rings is 1. The van der Waals surface area contributed by atoms with E-state index in [1.807, 2.05) is 6.92 Å². The molecule has 1 amide bonds. The number of carbonyl (C=O) groups excluding carboxylic acids is 1. The van der Waals surface area contributed by atoms with Crippen molar-refractivity contribution in [1.29, 1.82) is 0 Å². The van der Waals surface area contributed by atoms with Crippen molar-refractivity contribution in [2.75, 3.05) is 6.54 Å². The van der Waals surface area contributed by atoms with E-state index >= 15 is 0 Å². The van der Waals surface area contributed by atoms with Crippen LogP contribution in [0.5, 0.6) is 0 Å². The van der Waals surface area contributed by atoms with Gasteiger partial charge in [-0.15, -0.1) is 0 Å². The summed E-state index contributed by atoms with van der Waals surface area (Å²) >= 11 is 0. The van der Waals surface area contributed by atoms with Gasteiger partial charge in [-0.3, -0.25) is 4.79 Å². The molecule has 1 aliphatic heterocycles. The van der Waals surface area contributed by atoms with Crippen LogP contribution in [0.4, 0.5) is 13.2 Å². The lowest BCUT2D eigenvalue weighted by Gasteiger charge is -2.27. The summed E-state index contributed by atoms with van der Waals surface area (Å²) in [5, 5.41) is 5.38. The second-order valence-corrected chi connectivity index (χ2v) is 4.21. The molecule has 3 nitrogen and oxygen atoms in total. The van der Waals surface area contributed by atoms with Crippen LogP contribution in [0.1, 0.15) is 32.6 Å². The molecule has 0 aromatic heterocycles. The molecule has 2 atom stereocenters. The van der Waals surface area contributed by atoms with Crippen molar-refractivity contribution in [3.63, 3.8) is 0 Å². The monoisotopic (exact) mass is 238 g/mol. The fraction of sp³-hybridized carbons (Fsp3) is 0.900. The predicted molar refractivity (Wildman–Crippen MR) is 53.9 cm³/mol. The van der Waals surface area contributed by atoms with Crippen molar-refractivity contribution >= 4 is 5.91 Å². The lowest BCUT2D eigenvalue weighted by Crippen LogP contribution is -2.50. The Kier molecular flexibility index (Phi) is 4.58. The van der Waals surface area contributed by atoms with Crippen LogP contribution in [0.3, 0.4) is 0 Å². The Morgan fingerprint density at radius 1 is 1.44 bits per heavy atom. The Hall–Kier alpha value is -0.780. The highest BCUT2D eigenvalue weighted by Gasteiger charge is 2.28. The lowest BCUT2D eigenvalue weighted by atomic mass is 9.99. The maximum Gasteiger partial charge on any atom is 0.390 e. The maximum atomic E-state index is 11.8. The van der Waals surface area contributed by atoms with E-state index < -0.39 is 12.6 Å². The Bertz CT molecular complexity index is 243. The van der Waals surface area contributed by atoms with E-state index in [1.165, 1.54) is 0 Å². The fourth-order valence-electron chi connectivity index (χ4n) is 1.80. The normalized spacial score (nSPS) is 26.5. The van der Waals surface area contributed by atoms with Gasteiger partial charge in [0.25, 0.3) is 0 Å². The number of halogens is 3. The van der Waals surface area contributed by atoms with Crippen molar-refractivity contribution in [3.8, 4) is 0 Å². The van der Waals surface area contributed by atoms with E-state index in [2.05, 4.69) is 10.6 Å². The average molecular weight is 238 g/mol. The topological polar surface area (TPSA) is 41.1 Å². The number of amides is 1. The molecule has 94 valence electrons. The summed E-state index contributed by atoms with van der Waals surface area (Å²) in [5.41, 5.74) is 0. The van der Waals surface area contributed by atoms with Crippen molar-refractivity contribution in [2.45, 2.75) is 50.9 Å². The van der Waals surface area contributed by atoms with Gasteiger partial charge in [0.2, 0.25) is 5.91 Å². The lowest BCUT2D eigenvalue weighted by molar-refractivity contribution is -0.136. The second kappa shape index (κ2) is 5.52. The Balaban J connectivity index is 2.24. The van der Waals surface area contributed by atoms with Crippen LogP contribution in [0.25, 0.3) is 0 Å². The Morgan fingerprint density at radius 2 is 2.12 bits per heavy atom. The summed E-state index contributed by atoms with van der Waals surface area (Å²) in [5.74, 6) is -0.323. The molecule has 1 aliphatic rings. The van der Waals surface area contributed by atoms with Gasteiger partial charge < -0.3 is 10.6 Å². The first-order chi connectivity index (χ1) is 7.38. The number of alkyl halides is 3. The first kappa shape index (κ1) is 13.3. The van der Waals surface area contributed by atoms with Crippen LogP contribution < -0.4 is 10.6 Å². The van der Waals surface area contributed by atoms with E-state index in [0.29, 0.717) is 6.42 Å². The molecular formula is C10H17F3N2O. The van der Waals surface area contributed by atoms with Crippen molar-refractivity contribution in [3.05, 3.63) is 0 Å². The van der Waals surface area contributed by atoms with E-state index in [9.17, 15) is 18.0 Å². The van der Waals surface area contributed by atoms with Gasteiger partial charge in [-0.25, -0.2) is 0 Å². The van der Waals surface area contributed by atoms with Gasteiger partial charge >= 0.3 is 6.18 Å². The molecule has 0 aromatic carbocycles. The molecule has 2 unspecified atom stereocenters. The highest BCUT2D eigenvalue weighted by Crippen LogP contribution is 2.18. The van der Waals surface area contributed by atoms with Gasteiger partial charge in [-0.05, 0) is 26.2 Å². The van der Waals surface area contributed by atoms with E-state index in [0.717, 1.165) is 12.8 Å². The number of hydrogen-bond donors (Lipinski definition) is 2. The first-order valence-corrected chi connectivity index (χ1v) is 5.49. The molecule has 1 rings (SSSR count). The van der Waals surface area contributed by atoms with E-state index in [-0.39, 0.29) is 24.5 Å². The van der Waals surface area contributed by atoms with Crippen LogP contribution in [-0.4, -0.2) is 30.7 Å². The number of nitrogens with one attached hydrogen (secondary N) is 2. The summed E-state index contributed by atoms with van der Waals surface area (Å²) in [4.78, 5) is 11.5. The fourth-order valence-corrected chi connectivity index (χ4v) is 1.80. The maximum absolute atomic E-state index is 11.8. The van der Waals surface area contributed by atoms with Crippen LogP contribution >= 0.6 is 0 Å². The molecule has 0 aliphatic carbocycles. The molecule has 1 saturated heterocycles. The van der Waals surface area contributed by atoms with Crippen LogP contribution in [-0.2, 0) is 4.79 Å². The molecule has 0 radical (unpaired) electrons. The van der Waals surface area contributed by atoms with Gasteiger partial charge in [0.1, 0.15) is 0 Å². The van der Waals surface area contributed by atoms with Gasteiger partial charge in [0, 0.05) is 12.6 Å². The quantitative estimate of drug-likeness (QED) is 0.784. The van der Waals surface area contributed by atoms with Crippen molar-refractivity contribution in [2.24, 2.45) is 0 Å². The van der Waals surface area contributed by atoms with Gasteiger partial charge in [-0.2, -0.15) is 13.2 Å². The van der Waals surface area contributed by atoms with Gasteiger partial charge in [0.15, 0.2) is 0 Å². The third-order valence-electron chi connectivity index (χ3n) is 2.64. The zero-order valence-corrected chi connectivity index (χ0v) is 9.23. The zero-order chi connectivity index (χ0) is 12.2. The molecule has 0 bridgehead atoms. The zero-order valence-electron chi connectivity index (χ0n) is 9.23. The number of hydrogen-bond acceptors (Lipinski definition) is 2. The minimum atomic E-state index is -4.21. The van der Waals surface area contributed by atoms with Gasteiger partial charge in [0.05, 0.1) is 12.5 Å². The number of carbonyl (C=O) groups is 1. The highest BCUT2D eigenvalue weighted by atomic mass is 19.4. The highest BCUT2D eigenvalue weighted by molar-refractivity contribution is 5.81. The minimum Gasteiger partial charge on any atom is -0.354 e. The summed E-state index contributed by atoms with van der Waals surface area (Å²) in [6.45, 7) is 1.63. The molecule has 6 heteroatoms. The average Bonchev–Trinajstić information content (AvgIpc) is 2.15. The van der Waals surface area contributed by atoms with Gasteiger partial charge in [-0.1, -0.05) is 0 Å². The Morgan fingerprint density at radius 3 is 2.69 bits per heavy atom. The third-order valence-corrected chi connectivity index (χ3v) is 2.64. The first-order valence-electron chi connectivity index (χ1n) is 5.49. The molecule has 1 fully saturated rings. The van der Waals surface area contributed by atoms with Crippen LogP contribution in [0.2, 0.25) is 0 Å². The second-order valence-electron chi connectivity index (χ2n) is 4.21. The standard InChI is InChI=1S/C10H17F3N2O/c1-7-3-2-4-8(15-7)9(16)14-6-5-10(11,12)13/h7-8,15H,2-6H2,1H3,(H,14,16). The smallest absolute Gasteiger partial charge is 0.354 e. The SMILES string of the molecule is CC1CCCC(C(=O)NCCC(F)(F)F)N1. The molecule has 0 aromatic rings.